The molecule has 0 saturated carbocycles. The quantitative estimate of drug-likeness (QED) is 0.628. The average molecular weight is 298 g/mol. The first-order valence-corrected chi connectivity index (χ1v) is 7.27. The van der Waals surface area contributed by atoms with Gasteiger partial charge in [-0.2, -0.15) is 0 Å². The van der Waals surface area contributed by atoms with E-state index in [0.29, 0.717) is 6.61 Å². The monoisotopic (exact) mass is 298 g/mol. The minimum absolute atomic E-state index is 0.326. The summed E-state index contributed by atoms with van der Waals surface area (Å²) in [5.74, 6) is 0.424. The number of carbonyl (C=O) groups excluding carboxylic acids is 1. The summed E-state index contributed by atoms with van der Waals surface area (Å²) in [6, 6.07) is 17.0. The number of benzene rings is 2. The third-order valence-electron chi connectivity index (χ3n) is 3.82. The van der Waals surface area contributed by atoms with Crippen molar-refractivity contribution in [1.29, 1.82) is 0 Å². The van der Waals surface area contributed by atoms with Gasteiger partial charge < -0.3 is 14.2 Å². The van der Waals surface area contributed by atoms with Gasteiger partial charge in [0, 0.05) is 0 Å². The highest BCUT2D eigenvalue weighted by molar-refractivity contribution is 5.85. The Balaban J connectivity index is 1.94. The standard InChI is InChI=1S/C18H18O4/c1-3-21-17(19)18(14-7-5-4-6-8-14)16(22-18)13-9-11-15(20-2)12-10-13/h4-12,16H,3H2,1-2H3/t16-,18-/m0/s1. The number of methoxy groups -OCH3 is 1. The minimum Gasteiger partial charge on any atom is -0.497 e. The van der Waals surface area contributed by atoms with E-state index in [9.17, 15) is 4.79 Å². The van der Waals surface area contributed by atoms with Crippen molar-refractivity contribution in [3.05, 3.63) is 65.7 Å². The largest absolute Gasteiger partial charge is 0.497 e. The lowest BCUT2D eigenvalue weighted by Gasteiger charge is -2.12. The van der Waals surface area contributed by atoms with Gasteiger partial charge in [0.15, 0.2) is 0 Å². The molecule has 0 bridgehead atoms. The van der Waals surface area contributed by atoms with Gasteiger partial charge in [0.2, 0.25) is 5.60 Å². The number of hydrogen-bond donors (Lipinski definition) is 0. The van der Waals surface area contributed by atoms with Crippen LogP contribution in [0.4, 0.5) is 0 Å². The maximum absolute atomic E-state index is 12.5. The predicted octanol–water partition coefficient (Wildman–Crippen LogP) is 3.23. The van der Waals surface area contributed by atoms with Gasteiger partial charge in [0.1, 0.15) is 11.9 Å². The Morgan fingerprint density at radius 1 is 1.14 bits per heavy atom. The van der Waals surface area contributed by atoms with Gasteiger partial charge in [-0.1, -0.05) is 42.5 Å². The van der Waals surface area contributed by atoms with Crippen LogP contribution in [0, 0.1) is 0 Å². The first kappa shape index (κ1) is 14.6. The molecule has 0 amide bonds. The Bertz CT molecular complexity index is 651. The first-order chi connectivity index (χ1) is 10.7. The summed E-state index contributed by atoms with van der Waals surface area (Å²) >= 11 is 0. The summed E-state index contributed by atoms with van der Waals surface area (Å²) in [6.45, 7) is 2.12. The molecule has 2 atom stereocenters. The molecule has 1 fully saturated rings. The van der Waals surface area contributed by atoms with Gasteiger partial charge in [-0.25, -0.2) is 4.79 Å². The molecule has 1 heterocycles. The lowest BCUT2D eigenvalue weighted by Crippen LogP contribution is -2.25. The van der Waals surface area contributed by atoms with E-state index in [-0.39, 0.29) is 12.1 Å². The maximum atomic E-state index is 12.5. The van der Waals surface area contributed by atoms with Crippen molar-refractivity contribution < 1.29 is 19.0 Å². The van der Waals surface area contributed by atoms with Crippen molar-refractivity contribution >= 4 is 5.97 Å². The van der Waals surface area contributed by atoms with E-state index < -0.39 is 5.60 Å². The smallest absolute Gasteiger partial charge is 0.346 e. The number of hydrogen-bond acceptors (Lipinski definition) is 4. The van der Waals surface area contributed by atoms with Crippen LogP contribution in [0.15, 0.2) is 54.6 Å². The summed E-state index contributed by atoms with van der Waals surface area (Å²) in [5, 5.41) is 0. The molecule has 2 aromatic carbocycles. The number of ether oxygens (including phenoxy) is 3. The molecular formula is C18H18O4. The van der Waals surface area contributed by atoms with Crippen LogP contribution in [0.5, 0.6) is 5.75 Å². The fourth-order valence-corrected chi connectivity index (χ4v) is 2.65. The number of epoxide rings is 1. The molecular weight excluding hydrogens is 280 g/mol. The first-order valence-electron chi connectivity index (χ1n) is 7.27. The molecule has 0 N–H and O–H groups in total. The molecule has 0 aromatic heterocycles. The molecule has 0 unspecified atom stereocenters. The predicted molar refractivity (Wildman–Crippen MR) is 81.6 cm³/mol. The molecule has 0 aliphatic carbocycles. The highest BCUT2D eigenvalue weighted by Gasteiger charge is 2.65. The molecule has 1 aliphatic heterocycles. The van der Waals surface area contributed by atoms with Gasteiger partial charge in [-0.3, -0.25) is 0 Å². The van der Waals surface area contributed by atoms with Crippen LogP contribution in [0.1, 0.15) is 24.2 Å². The highest BCUT2D eigenvalue weighted by atomic mass is 16.7. The third kappa shape index (κ3) is 2.35. The van der Waals surface area contributed by atoms with Crippen molar-refractivity contribution in [2.75, 3.05) is 13.7 Å². The molecule has 2 aromatic rings. The van der Waals surface area contributed by atoms with Crippen LogP contribution in [-0.2, 0) is 19.9 Å². The van der Waals surface area contributed by atoms with Crippen molar-refractivity contribution in [3.63, 3.8) is 0 Å². The summed E-state index contributed by atoms with van der Waals surface area (Å²) in [6.07, 6.45) is -0.333. The van der Waals surface area contributed by atoms with Crippen molar-refractivity contribution in [2.24, 2.45) is 0 Å². The fraction of sp³-hybridized carbons (Fsp3) is 0.278. The zero-order valence-corrected chi connectivity index (χ0v) is 12.6. The van der Waals surface area contributed by atoms with E-state index in [0.717, 1.165) is 16.9 Å². The molecule has 4 heteroatoms. The molecule has 4 nitrogen and oxygen atoms in total. The van der Waals surface area contributed by atoms with E-state index >= 15 is 0 Å². The van der Waals surface area contributed by atoms with E-state index in [2.05, 4.69) is 0 Å². The van der Waals surface area contributed by atoms with Crippen LogP contribution < -0.4 is 4.74 Å². The van der Waals surface area contributed by atoms with Gasteiger partial charge in [0.25, 0.3) is 0 Å². The average Bonchev–Trinajstić information content (AvgIpc) is 3.33. The van der Waals surface area contributed by atoms with Crippen LogP contribution in [0.3, 0.4) is 0 Å². The van der Waals surface area contributed by atoms with Gasteiger partial charge in [-0.15, -0.1) is 0 Å². The molecule has 0 spiro atoms. The van der Waals surface area contributed by atoms with Crippen molar-refractivity contribution in [2.45, 2.75) is 18.6 Å². The second kappa shape index (κ2) is 5.81. The lowest BCUT2D eigenvalue weighted by atomic mass is 9.92. The highest BCUT2D eigenvalue weighted by Crippen LogP contribution is 2.57. The Morgan fingerprint density at radius 2 is 1.82 bits per heavy atom. The zero-order valence-electron chi connectivity index (χ0n) is 12.6. The fourth-order valence-electron chi connectivity index (χ4n) is 2.65. The summed E-state index contributed by atoms with van der Waals surface area (Å²) in [4.78, 5) is 12.5. The van der Waals surface area contributed by atoms with E-state index in [1.807, 2.05) is 54.6 Å². The third-order valence-corrected chi connectivity index (χ3v) is 3.82. The Labute approximate surface area is 129 Å². The number of esters is 1. The SMILES string of the molecule is CCOC(=O)[C@@]1(c2ccccc2)O[C@H]1c1ccc(OC)cc1. The van der Waals surface area contributed by atoms with Crippen LogP contribution in [0.2, 0.25) is 0 Å². The molecule has 0 radical (unpaired) electrons. The van der Waals surface area contributed by atoms with E-state index in [1.165, 1.54) is 0 Å². The Kier molecular flexibility index (Phi) is 3.86. The summed E-state index contributed by atoms with van der Waals surface area (Å²) in [7, 11) is 1.62. The summed E-state index contributed by atoms with van der Waals surface area (Å²) < 4.78 is 16.2. The van der Waals surface area contributed by atoms with Gasteiger partial charge in [-0.05, 0) is 30.2 Å². The molecule has 22 heavy (non-hydrogen) atoms. The molecule has 3 rings (SSSR count). The Morgan fingerprint density at radius 3 is 2.41 bits per heavy atom. The molecule has 1 saturated heterocycles. The van der Waals surface area contributed by atoms with Crippen LogP contribution in [0.25, 0.3) is 0 Å². The minimum atomic E-state index is -1.04. The second-order valence-electron chi connectivity index (χ2n) is 5.09. The second-order valence-corrected chi connectivity index (χ2v) is 5.09. The van der Waals surface area contributed by atoms with Crippen LogP contribution >= 0.6 is 0 Å². The zero-order chi connectivity index (χ0) is 15.6. The number of rotatable bonds is 5. The normalized spacial score (nSPS) is 22.9. The summed E-state index contributed by atoms with van der Waals surface area (Å²) in [5.41, 5.74) is 0.707. The van der Waals surface area contributed by atoms with E-state index in [1.54, 1.807) is 14.0 Å². The topological polar surface area (TPSA) is 48.1 Å². The lowest BCUT2D eigenvalue weighted by molar-refractivity contribution is -0.150. The Hall–Kier alpha value is -2.33. The van der Waals surface area contributed by atoms with E-state index in [4.69, 9.17) is 14.2 Å². The van der Waals surface area contributed by atoms with Crippen molar-refractivity contribution in [1.82, 2.24) is 0 Å². The molecule has 114 valence electrons. The maximum Gasteiger partial charge on any atom is 0.346 e. The van der Waals surface area contributed by atoms with Crippen molar-refractivity contribution in [3.8, 4) is 5.75 Å². The molecule has 1 aliphatic rings. The van der Waals surface area contributed by atoms with Crippen LogP contribution in [-0.4, -0.2) is 19.7 Å². The van der Waals surface area contributed by atoms with Gasteiger partial charge >= 0.3 is 5.97 Å². The van der Waals surface area contributed by atoms with Gasteiger partial charge in [0.05, 0.1) is 13.7 Å². The number of carbonyl (C=O) groups is 1.